The van der Waals surface area contributed by atoms with Crippen molar-refractivity contribution in [2.45, 2.75) is 19.8 Å². The van der Waals surface area contributed by atoms with Gasteiger partial charge < -0.3 is 4.74 Å². The van der Waals surface area contributed by atoms with Crippen LogP contribution in [0.15, 0.2) is 18.2 Å². The van der Waals surface area contributed by atoms with Crippen LogP contribution in [-0.2, 0) is 6.42 Å². The van der Waals surface area contributed by atoms with E-state index in [4.69, 9.17) is 4.74 Å². The monoisotopic (exact) mass is 287 g/mol. The van der Waals surface area contributed by atoms with Gasteiger partial charge in [0.15, 0.2) is 0 Å². The van der Waals surface area contributed by atoms with Crippen molar-refractivity contribution < 1.29 is 9.66 Å². The van der Waals surface area contributed by atoms with Crippen LogP contribution >= 0.6 is 15.9 Å². The molecule has 0 bridgehead atoms. The van der Waals surface area contributed by atoms with Gasteiger partial charge in [0, 0.05) is 17.0 Å². The van der Waals surface area contributed by atoms with Gasteiger partial charge in [0.2, 0.25) is 0 Å². The lowest BCUT2D eigenvalue weighted by atomic mass is 10.1. The lowest BCUT2D eigenvalue weighted by molar-refractivity contribution is -0.385. The molecule has 0 aliphatic carbocycles. The van der Waals surface area contributed by atoms with Crippen LogP contribution < -0.4 is 4.74 Å². The van der Waals surface area contributed by atoms with Crippen LogP contribution in [0.1, 0.15) is 18.9 Å². The zero-order valence-corrected chi connectivity index (χ0v) is 10.7. The third-order valence-electron chi connectivity index (χ3n) is 2.18. The van der Waals surface area contributed by atoms with Gasteiger partial charge in [0.05, 0.1) is 11.5 Å². The molecule has 0 saturated carbocycles. The zero-order chi connectivity index (χ0) is 12.0. The molecule has 0 radical (unpaired) electrons. The van der Waals surface area contributed by atoms with E-state index < -0.39 is 0 Å². The summed E-state index contributed by atoms with van der Waals surface area (Å²) in [6, 6.07) is 4.89. The number of alkyl halides is 1. The van der Waals surface area contributed by atoms with E-state index in [1.54, 1.807) is 12.1 Å². The van der Waals surface area contributed by atoms with Gasteiger partial charge >= 0.3 is 0 Å². The van der Waals surface area contributed by atoms with Crippen LogP contribution in [0.25, 0.3) is 0 Å². The number of nitrogens with zero attached hydrogens (tertiary/aromatic N) is 1. The van der Waals surface area contributed by atoms with Crippen LogP contribution in [0.5, 0.6) is 5.75 Å². The summed E-state index contributed by atoms with van der Waals surface area (Å²) in [4.78, 5) is 10.4. The molecule has 1 aromatic carbocycles. The van der Waals surface area contributed by atoms with Crippen LogP contribution in [0, 0.1) is 10.1 Å². The largest absolute Gasteiger partial charge is 0.494 e. The van der Waals surface area contributed by atoms with E-state index in [1.165, 1.54) is 6.07 Å². The van der Waals surface area contributed by atoms with E-state index in [2.05, 4.69) is 15.9 Å². The maximum Gasteiger partial charge on any atom is 0.272 e. The zero-order valence-electron chi connectivity index (χ0n) is 9.11. The van der Waals surface area contributed by atoms with E-state index in [0.717, 1.165) is 11.8 Å². The van der Waals surface area contributed by atoms with Crippen LogP contribution in [0.3, 0.4) is 0 Å². The highest BCUT2D eigenvalue weighted by Gasteiger charge is 2.12. The second-order valence-electron chi connectivity index (χ2n) is 3.29. The highest BCUT2D eigenvalue weighted by Crippen LogP contribution is 2.24. The third-order valence-corrected chi connectivity index (χ3v) is 2.74. The molecule has 1 aromatic rings. The fourth-order valence-electron chi connectivity index (χ4n) is 1.36. The lowest BCUT2D eigenvalue weighted by Crippen LogP contribution is -2.00. The van der Waals surface area contributed by atoms with Gasteiger partial charge in [-0.1, -0.05) is 22.9 Å². The molecule has 0 aromatic heterocycles. The van der Waals surface area contributed by atoms with Crippen LogP contribution in [0.4, 0.5) is 5.69 Å². The fraction of sp³-hybridized carbons (Fsp3) is 0.455. The number of aryl methyl sites for hydroxylation is 1. The van der Waals surface area contributed by atoms with Gasteiger partial charge in [0.25, 0.3) is 5.69 Å². The standard InChI is InChI=1S/C11H14BrNO3/c1-2-9-8-10(16-7-3-6-12)4-5-11(9)13(14)15/h4-5,8H,2-3,6-7H2,1H3. The normalized spacial score (nSPS) is 10.1. The Morgan fingerprint density at radius 1 is 1.50 bits per heavy atom. The topological polar surface area (TPSA) is 52.4 Å². The van der Waals surface area contributed by atoms with E-state index >= 15 is 0 Å². The molecule has 0 saturated heterocycles. The number of nitro benzene ring substituents is 1. The minimum Gasteiger partial charge on any atom is -0.494 e. The van der Waals surface area contributed by atoms with Crippen LogP contribution in [-0.4, -0.2) is 16.9 Å². The van der Waals surface area contributed by atoms with Gasteiger partial charge in [-0.3, -0.25) is 10.1 Å². The quantitative estimate of drug-likeness (QED) is 0.349. The summed E-state index contributed by atoms with van der Waals surface area (Å²) in [6.07, 6.45) is 1.55. The van der Waals surface area contributed by atoms with Gasteiger partial charge in [0.1, 0.15) is 5.75 Å². The van der Waals surface area contributed by atoms with E-state index in [0.29, 0.717) is 24.3 Å². The summed E-state index contributed by atoms with van der Waals surface area (Å²) in [5.74, 6) is 0.698. The Morgan fingerprint density at radius 2 is 2.25 bits per heavy atom. The molecule has 88 valence electrons. The molecule has 0 N–H and O–H groups in total. The highest BCUT2D eigenvalue weighted by atomic mass is 79.9. The van der Waals surface area contributed by atoms with Gasteiger partial charge in [-0.05, 0) is 25.0 Å². The summed E-state index contributed by atoms with van der Waals surface area (Å²) < 4.78 is 5.47. The Morgan fingerprint density at radius 3 is 2.81 bits per heavy atom. The Labute approximate surface area is 103 Å². The molecule has 4 nitrogen and oxygen atoms in total. The predicted molar refractivity (Wildman–Crippen MR) is 66.4 cm³/mol. The summed E-state index contributed by atoms with van der Waals surface area (Å²) in [5.41, 5.74) is 0.872. The maximum absolute atomic E-state index is 10.7. The Hall–Kier alpha value is -1.10. The number of rotatable bonds is 6. The fourth-order valence-corrected chi connectivity index (χ4v) is 1.59. The Kier molecular flexibility index (Phi) is 5.25. The van der Waals surface area contributed by atoms with Crippen LogP contribution in [0.2, 0.25) is 0 Å². The molecule has 0 unspecified atom stereocenters. The molecule has 16 heavy (non-hydrogen) atoms. The van der Waals surface area contributed by atoms with Crippen molar-refractivity contribution in [1.82, 2.24) is 0 Å². The first-order valence-corrected chi connectivity index (χ1v) is 6.27. The number of halogens is 1. The number of nitro groups is 1. The lowest BCUT2D eigenvalue weighted by Gasteiger charge is -2.06. The third kappa shape index (κ3) is 3.48. The number of benzene rings is 1. The second kappa shape index (κ2) is 6.48. The summed E-state index contributed by atoms with van der Waals surface area (Å²) in [5, 5.41) is 11.6. The number of ether oxygens (including phenoxy) is 1. The van der Waals surface area contributed by atoms with Gasteiger partial charge in [-0.25, -0.2) is 0 Å². The van der Waals surface area contributed by atoms with E-state index in [9.17, 15) is 10.1 Å². The molecular weight excluding hydrogens is 274 g/mol. The molecule has 0 atom stereocenters. The molecule has 0 heterocycles. The maximum atomic E-state index is 10.7. The Bertz CT molecular complexity index is 368. The van der Waals surface area contributed by atoms with Crippen molar-refractivity contribution in [3.05, 3.63) is 33.9 Å². The van der Waals surface area contributed by atoms with Crippen molar-refractivity contribution in [3.63, 3.8) is 0 Å². The molecule has 0 aliphatic heterocycles. The van der Waals surface area contributed by atoms with Gasteiger partial charge in [-0.15, -0.1) is 0 Å². The van der Waals surface area contributed by atoms with Crippen molar-refractivity contribution in [2.75, 3.05) is 11.9 Å². The van der Waals surface area contributed by atoms with E-state index in [-0.39, 0.29) is 10.6 Å². The van der Waals surface area contributed by atoms with Crippen molar-refractivity contribution in [1.29, 1.82) is 0 Å². The van der Waals surface area contributed by atoms with Crippen molar-refractivity contribution >= 4 is 21.6 Å². The minimum atomic E-state index is -0.360. The summed E-state index contributed by atoms with van der Waals surface area (Å²) in [6.45, 7) is 2.51. The average Bonchev–Trinajstić information content (AvgIpc) is 2.29. The molecular formula is C11H14BrNO3. The van der Waals surface area contributed by atoms with Gasteiger partial charge in [-0.2, -0.15) is 0 Å². The number of hydrogen-bond acceptors (Lipinski definition) is 3. The number of hydrogen-bond donors (Lipinski definition) is 0. The second-order valence-corrected chi connectivity index (χ2v) is 4.09. The molecule has 0 aliphatic rings. The molecule has 0 fully saturated rings. The highest BCUT2D eigenvalue weighted by molar-refractivity contribution is 9.09. The first kappa shape index (κ1) is 13.0. The molecule has 0 spiro atoms. The Balaban J connectivity index is 2.78. The first-order chi connectivity index (χ1) is 7.69. The summed E-state index contributed by atoms with van der Waals surface area (Å²) >= 11 is 3.31. The SMILES string of the molecule is CCc1cc(OCCCBr)ccc1[N+](=O)[O-]. The molecule has 0 amide bonds. The smallest absolute Gasteiger partial charge is 0.272 e. The molecule has 5 heteroatoms. The minimum absolute atomic E-state index is 0.162. The predicted octanol–water partition coefficient (Wildman–Crippen LogP) is 3.32. The summed E-state index contributed by atoms with van der Waals surface area (Å²) in [7, 11) is 0. The van der Waals surface area contributed by atoms with Crippen molar-refractivity contribution in [2.24, 2.45) is 0 Å². The first-order valence-electron chi connectivity index (χ1n) is 5.15. The average molecular weight is 288 g/mol. The molecule has 1 rings (SSSR count). The van der Waals surface area contributed by atoms with E-state index in [1.807, 2.05) is 6.92 Å². The van der Waals surface area contributed by atoms with Crippen molar-refractivity contribution in [3.8, 4) is 5.75 Å².